The predicted octanol–water partition coefficient (Wildman–Crippen LogP) is 2.94. The zero-order chi connectivity index (χ0) is 18.9. The first-order valence-corrected chi connectivity index (χ1v) is 7.44. The molecule has 0 bridgehead atoms. The van der Waals surface area contributed by atoms with Gasteiger partial charge in [-0.1, -0.05) is 0 Å². The van der Waals surface area contributed by atoms with Gasteiger partial charge in [0.2, 0.25) is 0 Å². The van der Waals surface area contributed by atoms with E-state index < -0.39 is 17.7 Å². The zero-order valence-electron chi connectivity index (χ0n) is 14.3. The summed E-state index contributed by atoms with van der Waals surface area (Å²) in [7, 11) is 0. The largest absolute Gasteiger partial charge is 0.487 e. The van der Waals surface area contributed by atoms with Gasteiger partial charge in [0.05, 0.1) is 18.2 Å². The van der Waals surface area contributed by atoms with Crippen LogP contribution in [0.4, 0.5) is 9.18 Å². The molecule has 136 valence electrons. The summed E-state index contributed by atoms with van der Waals surface area (Å²) in [4.78, 5) is 25.9. The number of nitrogens with one attached hydrogen (secondary N) is 1. The Balaban J connectivity index is 2.47. The molecule has 0 unspecified atom stereocenters. The fourth-order valence-electron chi connectivity index (χ4n) is 1.53. The molecule has 0 spiro atoms. The molecule has 8 heteroatoms. The van der Waals surface area contributed by atoms with Crippen molar-refractivity contribution in [1.82, 2.24) is 10.3 Å². The van der Waals surface area contributed by atoms with Crippen LogP contribution in [0, 0.1) is 0 Å². The molecule has 0 radical (unpaired) electrons. The number of amides is 1. The second-order valence-electron chi connectivity index (χ2n) is 6.00. The molecule has 0 fully saturated rings. The van der Waals surface area contributed by atoms with Crippen LogP contribution in [0.1, 0.15) is 26.5 Å². The third kappa shape index (κ3) is 9.09. The van der Waals surface area contributed by atoms with Crippen molar-refractivity contribution in [3.63, 3.8) is 0 Å². The van der Waals surface area contributed by atoms with Gasteiger partial charge in [0, 0.05) is 18.2 Å². The van der Waals surface area contributed by atoms with E-state index in [1.807, 2.05) is 0 Å². The van der Waals surface area contributed by atoms with Crippen LogP contribution in [0.3, 0.4) is 0 Å². The molecule has 0 aliphatic rings. The van der Waals surface area contributed by atoms with E-state index in [-0.39, 0.29) is 18.7 Å². The third-order valence-electron chi connectivity index (χ3n) is 2.59. The Morgan fingerprint density at radius 3 is 2.60 bits per heavy atom. The lowest BCUT2D eigenvalue weighted by atomic mass is 10.2. The van der Waals surface area contributed by atoms with Gasteiger partial charge in [-0.05, 0) is 39.0 Å². The molecule has 1 rings (SSSR count). The van der Waals surface area contributed by atoms with Crippen molar-refractivity contribution in [3.8, 4) is 5.75 Å². The van der Waals surface area contributed by atoms with Gasteiger partial charge in [-0.3, -0.25) is 4.98 Å². The number of pyridine rings is 1. The van der Waals surface area contributed by atoms with Crippen LogP contribution in [-0.2, 0) is 9.53 Å². The Kier molecular flexibility index (Phi) is 7.58. The lowest BCUT2D eigenvalue weighted by Crippen LogP contribution is -2.34. The number of hydrogen-bond acceptors (Lipinski definition) is 5. The van der Waals surface area contributed by atoms with E-state index in [1.165, 1.54) is 12.3 Å². The van der Waals surface area contributed by atoms with Gasteiger partial charge < -0.3 is 19.9 Å². The summed E-state index contributed by atoms with van der Waals surface area (Å²) in [5, 5.41) is 11.0. The van der Waals surface area contributed by atoms with Crippen LogP contribution >= 0.6 is 0 Å². The SMILES string of the molecule is CC(C)(C)OC(=O)NCC(=CF)COc1ccc(C=CC(=O)O)nc1. The van der Waals surface area contributed by atoms with Gasteiger partial charge >= 0.3 is 12.1 Å². The number of halogens is 1. The minimum Gasteiger partial charge on any atom is -0.487 e. The zero-order valence-corrected chi connectivity index (χ0v) is 14.3. The van der Waals surface area contributed by atoms with Gasteiger partial charge in [-0.15, -0.1) is 0 Å². The van der Waals surface area contributed by atoms with Crippen molar-refractivity contribution in [2.45, 2.75) is 26.4 Å². The van der Waals surface area contributed by atoms with E-state index in [0.29, 0.717) is 17.8 Å². The number of hydrogen-bond donors (Lipinski definition) is 2. The van der Waals surface area contributed by atoms with E-state index in [2.05, 4.69) is 10.3 Å². The molecule has 7 nitrogen and oxygen atoms in total. The summed E-state index contributed by atoms with van der Waals surface area (Å²) in [5.74, 6) is -0.693. The van der Waals surface area contributed by atoms with Crippen molar-refractivity contribution in [3.05, 3.63) is 42.0 Å². The van der Waals surface area contributed by atoms with Gasteiger partial charge in [0.25, 0.3) is 0 Å². The molecule has 0 aliphatic carbocycles. The normalized spacial score (nSPS) is 12.1. The summed E-state index contributed by atoms with van der Waals surface area (Å²) >= 11 is 0. The van der Waals surface area contributed by atoms with Crippen molar-refractivity contribution >= 4 is 18.1 Å². The molecule has 1 aromatic heterocycles. The Morgan fingerprint density at radius 1 is 1.36 bits per heavy atom. The number of aromatic nitrogens is 1. The first kappa shape index (κ1) is 20.1. The van der Waals surface area contributed by atoms with Gasteiger partial charge in [0.15, 0.2) is 0 Å². The molecule has 0 saturated carbocycles. The summed E-state index contributed by atoms with van der Waals surface area (Å²) < 4.78 is 23.3. The smallest absolute Gasteiger partial charge is 0.407 e. The average Bonchev–Trinajstić information content (AvgIpc) is 2.52. The second-order valence-corrected chi connectivity index (χ2v) is 6.00. The Morgan fingerprint density at radius 2 is 2.08 bits per heavy atom. The molecule has 0 saturated heterocycles. The molecule has 1 aromatic rings. The Hall–Kier alpha value is -2.90. The number of carbonyl (C=O) groups is 2. The van der Waals surface area contributed by atoms with Crippen LogP contribution < -0.4 is 10.1 Å². The van der Waals surface area contributed by atoms with Crippen LogP contribution in [0.2, 0.25) is 0 Å². The number of rotatable bonds is 7. The van der Waals surface area contributed by atoms with Crippen LogP contribution in [0.15, 0.2) is 36.3 Å². The standard InChI is InChI=1S/C17H21FN2O5/c1-17(2,3)25-16(23)20-9-12(8-18)11-24-14-6-4-13(19-10-14)5-7-15(21)22/h4-8,10H,9,11H2,1-3H3,(H,20,23)(H,21,22). The maximum Gasteiger partial charge on any atom is 0.407 e. The summed E-state index contributed by atoms with van der Waals surface area (Å²) in [6.07, 6.45) is 3.40. The third-order valence-corrected chi connectivity index (χ3v) is 2.59. The molecular weight excluding hydrogens is 331 g/mol. The fraction of sp³-hybridized carbons (Fsp3) is 0.353. The quantitative estimate of drug-likeness (QED) is 0.732. The molecule has 0 atom stereocenters. The van der Waals surface area contributed by atoms with Gasteiger partial charge in [-0.2, -0.15) is 0 Å². The minimum atomic E-state index is -1.07. The number of ether oxygens (including phenoxy) is 2. The first-order chi connectivity index (χ1) is 11.7. The number of alkyl carbamates (subject to hydrolysis) is 1. The molecule has 0 aliphatic heterocycles. The van der Waals surface area contributed by atoms with Crippen molar-refractivity contribution in [1.29, 1.82) is 0 Å². The van der Waals surface area contributed by atoms with Crippen LogP contribution in [0.5, 0.6) is 5.75 Å². The van der Waals surface area contributed by atoms with Gasteiger partial charge in [-0.25, -0.2) is 14.0 Å². The maximum absolute atomic E-state index is 12.9. The highest BCUT2D eigenvalue weighted by atomic mass is 19.1. The van der Waals surface area contributed by atoms with E-state index in [9.17, 15) is 14.0 Å². The number of aliphatic carboxylic acids is 1. The Labute approximate surface area is 145 Å². The Bertz CT molecular complexity index is 648. The molecular formula is C17H21FN2O5. The fourth-order valence-corrected chi connectivity index (χ4v) is 1.53. The predicted molar refractivity (Wildman–Crippen MR) is 89.8 cm³/mol. The van der Waals surface area contributed by atoms with E-state index in [0.717, 1.165) is 6.08 Å². The topological polar surface area (TPSA) is 97.8 Å². The summed E-state index contributed by atoms with van der Waals surface area (Å²) in [5.41, 5.74) is 0.0196. The second kappa shape index (κ2) is 9.41. The highest BCUT2D eigenvalue weighted by Crippen LogP contribution is 2.12. The van der Waals surface area contributed by atoms with E-state index in [4.69, 9.17) is 14.6 Å². The average molecular weight is 352 g/mol. The van der Waals surface area contributed by atoms with Crippen LogP contribution in [0.25, 0.3) is 6.08 Å². The molecule has 1 heterocycles. The van der Waals surface area contributed by atoms with Crippen molar-refractivity contribution in [2.24, 2.45) is 0 Å². The van der Waals surface area contributed by atoms with E-state index in [1.54, 1.807) is 32.9 Å². The number of nitrogens with zero attached hydrogens (tertiary/aromatic N) is 1. The number of carboxylic acid groups (broad SMARTS) is 1. The summed E-state index contributed by atoms with van der Waals surface area (Å²) in [6.45, 7) is 5.04. The van der Waals surface area contributed by atoms with Crippen LogP contribution in [-0.4, -0.2) is 40.9 Å². The molecule has 25 heavy (non-hydrogen) atoms. The lowest BCUT2D eigenvalue weighted by Gasteiger charge is -2.20. The minimum absolute atomic E-state index is 0.0573. The van der Waals surface area contributed by atoms with Crippen molar-refractivity contribution < 1.29 is 28.6 Å². The number of carboxylic acids is 1. The first-order valence-electron chi connectivity index (χ1n) is 7.44. The molecule has 0 aromatic carbocycles. The summed E-state index contributed by atoms with van der Waals surface area (Å²) in [6, 6.07) is 3.14. The monoisotopic (exact) mass is 352 g/mol. The van der Waals surface area contributed by atoms with Gasteiger partial charge in [0.1, 0.15) is 18.0 Å². The lowest BCUT2D eigenvalue weighted by molar-refractivity contribution is -0.131. The highest BCUT2D eigenvalue weighted by Gasteiger charge is 2.16. The molecule has 1 amide bonds. The molecule has 2 N–H and O–H groups in total. The van der Waals surface area contributed by atoms with Crippen molar-refractivity contribution in [2.75, 3.05) is 13.2 Å². The number of carbonyl (C=O) groups excluding carboxylic acids is 1. The maximum atomic E-state index is 12.9. The van der Waals surface area contributed by atoms with E-state index >= 15 is 0 Å². The highest BCUT2D eigenvalue weighted by molar-refractivity contribution is 5.84.